The fraction of sp³-hybridized carbons (Fsp3) is 0.667. The number of anilines is 1. The van der Waals surface area contributed by atoms with Gasteiger partial charge in [-0.2, -0.15) is 0 Å². The first kappa shape index (κ1) is 14.4. The summed E-state index contributed by atoms with van der Waals surface area (Å²) in [7, 11) is 1.67. The van der Waals surface area contributed by atoms with E-state index in [9.17, 15) is 0 Å². The number of methoxy groups -OCH3 is 1. The molecular weight excluding hydrogens is 282 g/mol. The van der Waals surface area contributed by atoms with Crippen LogP contribution in [0.4, 0.5) is 5.82 Å². The van der Waals surface area contributed by atoms with E-state index in [1.54, 1.807) is 7.11 Å². The zero-order chi connectivity index (χ0) is 12.7. The van der Waals surface area contributed by atoms with E-state index >= 15 is 0 Å². The minimum atomic E-state index is 0.501. The summed E-state index contributed by atoms with van der Waals surface area (Å²) in [5, 5.41) is 3.24. The van der Waals surface area contributed by atoms with Crippen LogP contribution in [0.2, 0.25) is 0 Å². The maximum Gasteiger partial charge on any atom is 0.144 e. The fourth-order valence-corrected chi connectivity index (χ4v) is 1.94. The molecule has 1 heterocycles. The van der Waals surface area contributed by atoms with Gasteiger partial charge in [-0.1, -0.05) is 13.3 Å². The number of nitrogens with one attached hydrogen (secondary N) is 1. The predicted octanol–water partition coefficient (Wildman–Crippen LogP) is 3.16. The Kier molecular flexibility index (Phi) is 6.44. The number of nitrogens with zero attached hydrogens (tertiary/aromatic N) is 2. The molecule has 0 spiro atoms. The molecular formula is C12H20BrN3O. The Morgan fingerprint density at radius 2 is 2.06 bits per heavy atom. The highest BCUT2D eigenvalue weighted by Gasteiger charge is 2.11. The molecule has 4 nitrogen and oxygen atoms in total. The van der Waals surface area contributed by atoms with Crippen LogP contribution in [0.1, 0.15) is 38.2 Å². The summed E-state index contributed by atoms with van der Waals surface area (Å²) in [5.41, 5.74) is 0.907. The van der Waals surface area contributed by atoms with Crippen molar-refractivity contribution in [2.45, 2.75) is 39.7 Å². The van der Waals surface area contributed by atoms with Gasteiger partial charge in [0.05, 0.1) is 16.8 Å². The number of ether oxygens (including phenoxy) is 1. The smallest absolute Gasteiger partial charge is 0.144 e. The molecule has 1 N–H and O–H groups in total. The number of hydrogen-bond donors (Lipinski definition) is 1. The Morgan fingerprint density at radius 1 is 1.29 bits per heavy atom. The van der Waals surface area contributed by atoms with Crippen molar-refractivity contribution in [2.24, 2.45) is 0 Å². The van der Waals surface area contributed by atoms with E-state index in [2.05, 4.69) is 45.1 Å². The number of unbranched alkanes of at least 4 members (excludes halogenated alkanes) is 1. The lowest BCUT2D eigenvalue weighted by molar-refractivity contribution is 0.180. The van der Waals surface area contributed by atoms with Crippen molar-refractivity contribution >= 4 is 21.7 Å². The average Bonchev–Trinajstić information content (AvgIpc) is 2.32. The minimum absolute atomic E-state index is 0.501. The van der Waals surface area contributed by atoms with Gasteiger partial charge in [-0.05, 0) is 29.3 Å². The molecule has 0 aliphatic heterocycles. The van der Waals surface area contributed by atoms with Crippen LogP contribution >= 0.6 is 15.9 Å². The molecule has 0 fully saturated rings. The van der Waals surface area contributed by atoms with Gasteiger partial charge in [0.1, 0.15) is 11.6 Å². The first-order valence-corrected chi connectivity index (χ1v) is 6.80. The molecule has 0 saturated carbocycles. The molecule has 0 atom stereocenters. The molecule has 1 aromatic heterocycles. The van der Waals surface area contributed by atoms with Crippen molar-refractivity contribution in [3.8, 4) is 0 Å². The molecule has 0 aromatic carbocycles. The summed E-state index contributed by atoms with van der Waals surface area (Å²) >= 11 is 3.52. The summed E-state index contributed by atoms with van der Waals surface area (Å²) in [5.74, 6) is 1.75. The van der Waals surface area contributed by atoms with Gasteiger partial charge in [0, 0.05) is 20.1 Å². The van der Waals surface area contributed by atoms with Crippen LogP contribution in [0.15, 0.2) is 4.47 Å². The largest absolute Gasteiger partial charge is 0.378 e. The van der Waals surface area contributed by atoms with Gasteiger partial charge in [0.25, 0.3) is 0 Å². The standard InChI is InChI=1S/C12H20BrN3O/c1-4-6-7-10-15-9(8-17-3)11(13)12(16-10)14-5-2/h4-8H2,1-3H3,(H,14,15,16). The lowest BCUT2D eigenvalue weighted by atomic mass is 10.2. The van der Waals surface area contributed by atoms with Crippen molar-refractivity contribution < 1.29 is 4.74 Å². The van der Waals surface area contributed by atoms with Crippen molar-refractivity contribution in [3.05, 3.63) is 16.0 Å². The number of aromatic nitrogens is 2. The minimum Gasteiger partial charge on any atom is -0.378 e. The zero-order valence-electron chi connectivity index (χ0n) is 10.7. The second-order valence-corrected chi connectivity index (χ2v) is 4.61. The molecule has 0 bridgehead atoms. The van der Waals surface area contributed by atoms with E-state index in [-0.39, 0.29) is 0 Å². The van der Waals surface area contributed by atoms with Crippen molar-refractivity contribution in [1.29, 1.82) is 0 Å². The Labute approximate surface area is 111 Å². The first-order valence-electron chi connectivity index (χ1n) is 6.01. The number of rotatable bonds is 7. The van der Waals surface area contributed by atoms with Gasteiger partial charge in [-0.15, -0.1) is 0 Å². The van der Waals surface area contributed by atoms with Gasteiger partial charge in [-0.25, -0.2) is 9.97 Å². The molecule has 0 aliphatic rings. The van der Waals surface area contributed by atoms with Crippen LogP contribution in [-0.2, 0) is 17.8 Å². The average molecular weight is 302 g/mol. The SMILES string of the molecule is CCCCc1nc(COC)c(Br)c(NCC)n1. The molecule has 5 heteroatoms. The maximum absolute atomic E-state index is 5.15. The van der Waals surface area contributed by atoms with E-state index in [1.807, 2.05) is 0 Å². The van der Waals surface area contributed by atoms with Gasteiger partial charge in [-0.3, -0.25) is 0 Å². The molecule has 1 rings (SSSR count). The third-order valence-electron chi connectivity index (χ3n) is 2.35. The summed E-state index contributed by atoms with van der Waals surface area (Å²) in [6.45, 7) is 5.56. The van der Waals surface area contributed by atoms with Crippen molar-refractivity contribution in [2.75, 3.05) is 19.0 Å². The summed E-state index contributed by atoms with van der Waals surface area (Å²) < 4.78 is 6.06. The van der Waals surface area contributed by atoms with Crippen LogP contribution in [0, 0.1) is 0 Å². The third kappa shape index (κ3) is 4.24. The third-order valence-corrected chi connectivity index (χ3v) is 3.18. The molecule has 0 unspecified atom stereocenters. The monoisotopic (exact) mass is 301 g/mol. The van der Waals surface area contributed by atoms with E-state index in [0.29, 0.717) is 6.61 Å². The number of aryl methyl sites for hydroxylation is 1. The Balaban J connectivity index is 2.98. The predicted molar refractivity (Wildman–Crippen MR) is 73.2 cm³/mol. The molecule has 1 aromatic rings. The molecule has 96 valence electrons. The molecule has 17 heavy (non-hydrogen) atoms. The Bertz CT molecular complexity index is 331. The van der Waals surface area contributed by atoms with Crippen molar-refractivity contribution in [3.63, 3.8) is 0 Å². The van der Waals surface area contributed by atoms with Crippen molar-refractivity contribution in [1.82, 2.24) is 9.97 Å². The topological polar surface area (TPSA) is 47.0 Å². The Hall–Kier alpha value is -0.680. The van der Waals surface area contributed by atoms with E-state index in [4.69, 9.17) is 4.74 Å². The van der Waals surface area contributed by atoms with E-state index in [1.165, 1.54) is 0 Å². The molecule has 0 saturated heterocycles. The summed E-state index contributed by atoms with van der Waals surface area (Å²) in [6.07, 6.45) is 3.17. The van der Waals surface area contributed by atoms with Gasteiger partial charge < -0.3 is 10.1 Å². The lowest BCUT2D eigenvalue weighted by Gasteiger charge is -2.11. The van der Waals surface area contributed by atoms with Gasteiger partial charge in [0.2, 0.25) is 0 Å². The molecule has 0 radical (unpaired) electrons. The number of halogens is 1. The second kappa shape index (κ2) is 7.61. The highest BCUT2D eigenvalue weighted by Crippen LogP contribution is 2.24. The zero-order valence-corrected chi connectivity index (χ0v) is 12.3. The maximum atomic E-state index is 5.15. The van der Waals surface area contributed by atoms with Gasteiger partial charge in [0.15, 0.2) is 0 Å². The first-order chi connectivity index (χ1) is 8.22. The quantitative estimate of drug-likeness (QED) is 0.840. The van der Waals surface area contributed by atoms with Crippen LogP contribution in [-0.4, -0.2) is 23.6 Å². The Morgan fingerprint density at radius 3 is 2.65 bits per heavy atom. The molecule has 0 aliphatic carbocycles. The second-order valence-electron chi connectivity index (χ2n) is 3.82. The van der Waals surface area contributed by atoms with Crippen LogP contribution in [0.5, 0.6) is 0 Å². The highest BCUT2D eigenvalue weighted by atomic mass is 79.9. The fourth-order valence-electron chi connectivity index (χ4n) is 1.51. The van der Waals surface area contributed by atoms with Gasteiger partial charge >= 0.3 is 0 Å². The summed E-state index contributed by atoms with van der Waals surface area (Å²) in [4.78, 5) is 9.04. The van der Waals surface area contributed by atoms with E-state index < -0.39 is 0 Å². The van der Waals surface area contributed by atoms with E-state index in [0.717, 1.165) is 47.6 Å². The highest BCUT2D eigenvalue weighted by molar-refractivity contribution is 9.10. The summed E-state index contributed by atoms with van der Waals surface area (Å²) in [6, 6.07) is 0. The normalized spacial score (nSPS) is 10.6. The van der Waals surface area contributed by atoms with Crippen LogP contribution in [0.3, 0.4) is 0 Å². The van der Waals surface area contributed by atoms with Crippen LogP contribution in [0.25, 0.3) is 0 Å². The molecule has 0 amide bonds. The number of hydrogen-bond acceptors (Lipinski definition) is 4. The lowest BCUT2D eigenvalue weighted by Crippen LogP contribution is -2.08. The van der Waals surface area contributed by atoms with Crippen LogP contribution < -0.4 is 5.32 Å².